The largest absolute Gasteiger partial charge is 0.348 e. The van der Waals surface area contributed by atoms with E-state index in [2.05, 4.69) is 29.6 Å². The Morgan fingerprint density at radius 3 is 2.65 bits per heavy atom. The third-order valence-electron chi connectivity index (χ3n) is 3.47. The number of ether oxygens (including phenoxy) is 2. The summed E-state index contributed by atoms with van der Waals surface area (Å²) in [5, 5.41) is 3.52. The monoisotopic (exact) mass is 233 g/mol. The fourth-order valence-electron chi connectivity index (χ4n) is 2.57. The predicted molar refractivity (Wildman–Crippen MR) is 65.7 cm³/mol. The van der Waals surface area contributed by atoms with Crippen molar-refractivity contribution in [2.75, 3.05) is 19.8 Å². The summed E-state index contributed by atoms with van der Waals surface area (Å²) in [5.41, 5.74) is 2.51. The van der Waals surface area contributed by atoms with Gasteiger partial charge in [-0.3, -0.25) is 0 Å². The minimum atomic E-state index is -0.162. The maximum absolute atomic E-state index is 5.64. The van der Waals surface area contributed by atoms with E-state index < -0.39 is 0 Å². The lowest BCUT2D eigenvalue weighted by Crippen LogP contribution is -2.18. The summed E-state index contributed by atoms with van der Waals surface area (Å²) >= 11 is 0. The normalized spacial score (nSPS) is 26.2. The summed E-state index contributed by atoms with van der Waals surface area (Å²) in [6, 6.07) is 9.12. The Morgan fingerprint density at radius 1 is 1.06 bits per heavy atom. The lowest BCUT2D eigenvalue weighted by Gasteiger charge is -2.24. The Labute approximate surface area is 102 Å². The summed E-state index contributed by atoms with van der Waals surface area (Å²) in [4.78, 5) is 0. The molecule has 1 unspecified atom stereocenters. The number of benzene rings is 1. The van der Waals surface area contributed by atoms with E-state index in [4.69, 9.17) is 9.47 Å². The zero-order valence-electron chi connectivity index (χ0n) is 10.0. The van der Waals surface area contributed by atoms with Gasteiger partial charge in [0, 0.05) is 11.6 Å². The van der Waals surface area contributed by atoms with Crippen molar-refractivity contribution < 1.29 is 9.47 Å². The number of nitrogens with one attached hydrogen (secondary N) is 1. The van der Waals surface area contributed by atoms with Crippen LogP contribution in [-0.4, -0.2) is 19.8 Å². The molecule has 2 saturated heterocycles. The number of hydrogen-bond donors (Lipinski definition) is 1. The van der Waals surface area contributed by atoms with Gasteiger partial charge in [0.15, 0.2) is 6.29 Å². The molecule has 92 valence electrons. The second-order valence-corrected chi connectivity index (χ2v) is 4.75. The highest BCUT2D eigenvalue weighted by atomic mass is 16.7. The smallest absolute Gasteiger partial charge is 0.183 e. The van der Waals surface area contributed by atoms with Crippen molar-refractivity contribution in [3.8, 4) is 0 Å². The molecule has 3 rings (SSSR count). The van der Waals surface area contributed by atoms with Crippen molar-refractivity contribution in [1.82, 2.24) is 5.32 Å². The molecule has 0 bridgehead atoms. The Kier molecular flexibility index (Phi) is 3.41. The van der Waals surface area contributed by atoms with E-state index in [-0.39, 0.29) is 6.29 Å². The molecule has 0 aromatic heterocycles. The van der Waals surface area contributed by atoms with Crippen LogP contribution in [-0.2, 0) is 9.47 Å². The minimum Gasteiger partial charge on any atom is -0.348 e. The van der Waals surface area contributed by atoms with E-state index in [0.717, 1.165) is 31.7 Å². The summed E-state index contributed by atoms with van der Waals surface area (Å²) < 4.78 is 11.3. The minimum absolute atomic E-state index is 0.162. The maximum atomic E-state index is 5.64. The van der Waals surface area contributed by atoms with E-state index in [9.17, 15) is 0 Å². The molecule has 1 aromatic carbocycles. The van der Waals surface area contributed by atoms with Crippen LogP contribution in [0.15, 0.2) is 24.3 Å². The molecule has 3 nitrogen and oxygen atoms in total. The van der Waals surface area contributed by atoms with Crippen LogP contribution in [0, 0.1) is 0 Å². The van der Waals surface area contributed by atoms with E-state index >= 15 is 0 Å². The molecule has 1 aromatic rings. The molecule has 2 aliphatic heterocycles. The molecule has 2 fully saturated rings. The molecule has 0 aliphatic carbocycles. The number of hydrogen-bond acceptors (Lipinski definition) is 3. The predicted octanol–water partition coefficient (Wildman–Crippen LogP) is 2.55. The molecule has 0 spiro atoms. The van der Waals surface area contributed by atoms with Crippen molar-refractivity contribution in [2.24, 2.45) is 0 Å². The van der Waals surface area contributed by atoms with Crippen LogP contribution >= 0.6 is 0 Å². The molecule has 0 saturated carbocycles. The van der Waals surface area contributed by atoms with Crippen molar-refractivity contribution in [2.45, 2.75) is 31.6 Å². The van der Waals surface area contributed by atoms with Crippen LogP contribution in [0.4, 0.5) is 0 Å². The van der Waals surface area contributed by atoms with Gasteiger partial charge in [-0.2, -0.15) is 0 Å². The molecule has 3 heteroatoms. The first-order chi connectivity index (χ1) is 8.43. The van der Waals surface area contributed by atoms with Crippen LogP contribution < -0.4 is 5.32 Å². The molecule has 1 N–H and O–H groups in total. The van der Waals surface area contributed by atoms with E-state index in [1.165, 1.54) is 18.4 Å². The lowest BCUT2D eigenvalue weighted by atomic mass is 10.0. The SMILES string of the molecule is c1cc(C2CCCN2)cc(C2OCCCO2)c1. The zero-order valence-corrected chi connectivity index (χ0v) is 10.0. The van der Waals surface area contributed by atoms with Crippen LogP contribution in [0.5, 0.6) is 0 Å². The third-order valence-corrected chi connectivity index (χ3v) is 3.47. The second kappa shape index (κ2) is 5.17. The molecule has 2 aliphatic rings. The standard InChI is InChI=1S/C14H19NO2/c1-4-11(13-6-2-7-15-13)10-12(5-1)14-16-8-3-9-17-14/h1,4-5,10,13-15H,2-3,6-9H2. The van der Waals surface area contributed by atoms with Gasteiger partial charge < -0.3 is 14.8 Å². The van der Waals surface area contributed by atoms with Gasteiger partial charge in [-0.15, -0.1) is 0 Å². The molecular formula is C14H19NO2. The van der Waals surface area contributed by atoms with Gasteiger partial charge in [0.25, 0.3) is 0 Å². The fraction of sp³-hybridized carbons (Fsp3) is 0.571. The Bertz CT molecular complexity index is 368. The second-order valence-electron chi connectivity index (χ2n) is 4.75. The van der Waals surface area contributed by atoms with Crippen LogP contribution in [0.3, 0.4) is 0 Å². The Morgan fingerprint density at radius 2 is 1.88 bits per heavy atom. The first kappa shape index (κ1) is 11.2. The summed E-state index contributed by atoms with van der Waals surface area (Å²) in [6.07, 6.45) is 3.34. The summed E-state index contributed by atoms with van der Waals surface area (Å²) in [7, 11) is 0. The van der Waals surface area contributed by atoms with Crippen LogP contribution in [0.25, 0.3) is 0 Å². The molecule has 0 radical (unpaired) electrons. The topological polar surface area (TPSA) is 30.5 Å². The highest BCUT2D eigenvalue weighted by Crippen LogP contribution is 2.28. The lowest BCUT2D eigenvalue weighted by molar-refractivity contribution is -0.183. The summed E-state index contributed by atoms with van der Waals surface area (Å²) in [6.45, 7) is 2.73. The van der Waals surface area contributed by atoms with Gasteiger partial charge >= 0.3 is 0 Å². The van der Waals surface area contributed by atoms with Gasteiger partial charge in [-0.25, -0.2) is 0 Å². The van der Waals surface area contributed by atoms with E-state index in [1.54, 1.807) is 0 Å². The van der Waals surface area contributed by atoms with Gasteiger partial charge in [0.05, 0.1) is 13.2 Å². The number of rotatable bonds is 2. The third kappa shape index (κ3) is 2.51. The first-order valence-corrected chi connectivity index (χ1v) is 6.50. The zero-order chi connectivity index (χ0) is 11.5. The Balaban J connectivity index is 1.77. The van der Waals surface area contributed by atoms with Gasteiger partial charge in [-0.1, -0.05) is 18.2 Å². The first-order valence-electron chi connectivity index (χ1n) is 6.50. The average molecular weight is 233 g/mol. The molecule has 2 heterocycles. The van der Waals surface area contributed by atoms with E-state index in [1.807, 2.05) is 0 Å². The Hall–Kier alpha value is -0.900. The quantitative estimate of drug-likeness (QED) is 0.851. The average Bonchev–Trinajstić information content (AvgIpc) is 2.94. The van der Waals surface area contributed by atoms with Gasteiger partial charge in [0.2, 0.25) is 0 Å². The van der Waals surface area contributed by atoms with Crippen molar-refractivity contribution in [3.05, 3.63) is 35.4 Å². The molecular weight excluding hydrogens is 214 g/mol. The highest BCUT2D eigenvalue weighted by molar-refractivity contribution is 5.27. The van der Waals surface area contributed by atoms with Crippen molar-refractivity contribution >= 4 is 0 Å². The van der Waals surface area contributed by atoms with Gasteiger partial charge in [0.1, 0.15) is 0 Å². The van der Waals surface area contributed by atoms with Crippen LogP contribution in [0.2, 0.25) is 0 Å². The maximum Gasteiger partial charge on any atom is 0.183 e. The molecule has 1 atom stereocenters. The van der Waals surface area contributed by atoms with Crippen molar-refractivity contribution in [1.29, 1.82) is 0 Å². The summed E-state index contributed by atoms with van der Waals surface area (Å²) in [5.74, 6) is 0. The van der Waals surface area contributed by atoms with Gasteiger partial charge in [-0.05, 0) is 37.4 Å². The molecule has 0 amide bonds. The van der Waals surface area contributed by atoms with Crippen LogP contribution in [0.1, 0.15) is 42.7 Å². The highest BCUT2D eigenvalue weighted by Gasteiger charge is 2.20. The van der Waals surface area contributed by atoms with Crippen molar-refractivity contribution in [3.63, 3.8) is 0 Å². The fourth-order valence-corrected chi connectivity index (χ4v) is 2.57. The molecule has 17 heavy (non-hydrogen) atoms. The van der Waals surface area contributed by atoms with E-state index in [0.29, 0.717) is 6.04 Å².